The van der Waals surface area contributed by atoms with Gasteiger partial charge in [0.05, 0.1) is 7.11 Å². The maximum atomic E-state index is 5.45. The van der Waals surface area contributed by atoms with Crippen molar-refractivity contribution < 1.29 is 4.74 Å². The van der Waals surface area contributed by atoms with Crippen molar-refractivity contribution in [3.8, 4) is 5.75 Å². The van der Waals surface area contributed by atoms with Gasteiger partial charge in [-0.25, -0.2) is 0 Å². The van der Waals surface area contributed by atoms with Crippen molar-refractivity contribution in [3.05, 3.63) is 65.7 Å². The fraction of sp³-hybridized carbons (Fsp3) is 0.188. The van der Waals surface area contributed by atoms with Gasteiger partial charge in [0, 0.05) is 17.7 Å². The molecule has 0 unspecified atom stereocenters. The van der Waals surface area contributed by atoms with Gasteiger partial charge in [-0.2, -0.15) is 0 Å². The van der Waals surface area contributed by atoms with Crippen molar-refractivity contribution in [2.75, 3.05) is 7.11 Å². The molecule has 1 nitrogen and oxygen atoms in total. The van der Waals surface area contributed by atoms with Crippen molar-refractivity contribution in [2.24, 2.45) is 0 Å². The van der Waals surface area contributed by atoms with Gasteiger partial charge >= 0.3 is 0 Å². The molecule has 0 spiro atoms. The van der Waals surface area contributed by atoms with Crippen molar-refractivity contribution >= 4 is 17.1 Å². The minimum Gasteiger partial charge on any atom is -0.497 e. The Morgan fingerprint density at radius 1 is 0.889 bits per heavy atom. The van der Waals surface area contributed by atoms with E-state index < -0.39 is 0 Å². The molecule has 0 fully saturated rings. The van der Waals surface area contributed by atoms with E-state index in [1.165, 1.54) is 11.1 Å². The first kappa shape index (κ1) is 12.8. The Hall–Kier alpha value is -1.67. The molecule has 2 heteroatoms. The van der Waals surface area contributed by atoms with Gasteiger partial charge in [-0.1, -0.05) is 54.7 Å². The first-order valence-corrected chi connectivity index (χ1v) is 6.37. The average molecular weight is 256 g/mol. The Balaban J connectivity index is 1.94. The smallest absolute Gasteiger partial charge is 0.118 e. The Labute approximate surface area is 113 Å². The molecule has 92 valence electrons. The highest BCUT2D eigenvalue weighted by atomic mass is 32.1. The van der Waals surface area contributed by atoms with Crippen molar-refractivity contribution in [2.45, 2.75) is 12.8 Å². The first-order valence-electron chi connectivity index (χ1n) is 5.96. The Morgan fingerprint density at radius 3 is 2.00 bits per heavy atom. The van der Waals surface area contributed by atoms with Crippen LogP contribution in [-0.4, -0.2) is 12.0 Å². The van der Waals surface area contributed by atoms with Gasteiger partial charge in [-0.05, 0) is 23.3 Å². The van der Waals surface area contributed by atoms with Crippen LogP contribution in [0, 0.1) is 0 Å². The van der Waals surface area contributed by atoms with E-state index in [1.54, 1.807) is 7.11 Å². The van der Waals surface area contributed by atoms with Gasteiger partial charge in [-0.3, -0.25) is 0 Å². The second-order valence-corrected chi connectivity index (χ2v) is 4.80. The molecule has 0 saturated carbocycles. The molecule has 0 bridgehead atoms. The molecule has 0 amide bonds. The molecular weight excluding hydrogens is 240 g/mol. The summed E-state index contributed by atoms with van der Waals surface area (Å²) in [4.78, 5) is 1.06. The zero-order valence-corrected chi connectivity index (χ0v) is 11.2. The molecule has 18 heavy (non-hydrogen) atoms. The van der Waals surface area contributed by atoms with Crippen LogP contribution in [0.1, 0.15) is 11.1 Å². The van der Waals surface area contributed by atoms with Gasteiger partial charge in [0.1, 0.15) is 5.75 Å². The van der Waals surface area contributed by atoms with Gasteiger partial charge in [0.2, 0.25) is 0 Å². The van der Waals surface area contributed by atoms with Gasteiger partial charge in [0.15, 0.2) is 0 Å². The lowest BCUT2D eigenvalue weighted by Gasteiger charge is -2.05. The predicted octanol–water partition coefficient (Wildman–Crippen LogP) is 3.85. The van der Waals surface area contributed by atoms with E-state index >= 15 is 0 Å². The number of benzene rings is 2. The SMILES string of the molecule is COc1ccc(CC(=S)Cc2ccccc2)cc1. The molecule has 0 aliphatic carbocycles. The molecule has 0 aromatic heterocycles. The summed E-state index contributed by atoms with van der Waals surface area (Å²) in [7, 11) is 1.68. The topological polar surface area (TPSA) is 9.23 Å². The lowest BCUT2D eigenvalue weighted by molar-refractivity contribution is 0.414. The highest BCUT2D eigenvalue weighted by Crippen LogP contribution is 2.13. The largest absolute Gasteiger partial charge is 0.497 e. The standard InChI is InChI=1S/C16H16OS/c1-17-15-9-7-14(8-10-15)12-16(18)11-13-5-3-2-4-6-13/h2-10H,11-12H2,1H3. The quantitative estimate of drug-likeness (QED) is 0.751. The van der Waals surface area contributed by atoms with Crippen molar-refractivity contribution in [1.82, 2.24) is 0 Å². The lowest BCUT2D eigenvalue weighted by atomic mass is 10.0. The molecule has 2 aromatic carbocycles. The van der Waals surface area contributed by atoms with Gasteiger partial charge in [0.25, 0.3) is 0 Å². The molecule has 0 saturated heterocycles. The van der Waals surface area contributed by atoms with Crippen LogP contribution in [0.5, 0.6) is 5.75 Å². The van der Waals surface area contributed by atoms with Crippen LogP contribution in [0.15, 0.2) is 54.6 Å². The summed E-state index contributed by atoms with van der Waals surface area (Å²) < 4.78 is 5.14. The predicted molar refractivity (Wildman–Crippen MR) is 79.4 cm³/mol. The second-order valence-electron chi connectivity index (χ2n) is 4.23. The minimum absolute atomic E-state index is 0.841. The van der Waals surface area contributed by atoms with Crippen molar-refractivity contribution in [1.29, 1.82) is 0 Å². The maximum absolute atomic E-state index is 5.45. The summed E-state index contributed by atoms with van der Waals surface area (Å²) in [5.74, 6) is 0.882. The van der Waals surface area contributed by atoms with Crippen molar-refractivity contribution in [3.63, 3.8) is 0 Å². The molecule has 0 N–H and O–H groups in total. The van der Waals surface area contributed by atoms with Crippen LogP contribution in [0.25, 0.3) is 0 Å². The minimum atomic E-state index is 0.841. The van der Waals surface area contributed by atoms with Crippen LogP contribution in [-0.2, 0) is 12.8 Å². The zero-order valence-electron chi connectivity index (χ0n) is 10.4. The summed E-state index contributed by atoms with van der Waals surface area (Å²) in [5, 5.41) is 0. The fourth-order valence-corrected chi connectivity index (χ4v) is 2.19. The maximum Gasteiger partial charge on any atom is 0.118 e. The van der Waals surface area contributed by atoms with Crippen LogP contribution < -0.4 is 4.74 Å². The monoisotopic (exact) mass is 256 g/mol. The Bertz CT molecular complexity index is 502. The number of hydrogen-bond acceptors (Lipinski definition) is 2. The number of rotatable bonds is 5. The van der Waals surface area contributed by atoms with E-state index in [0.717, 1.165) is 23.5 Å². The van der Waals surface area contributed by atoms with Crippen LogP contribution in [0.2, 0.25) is 0 Å². The van der Waals surface area contributed by atoms with Crippen LogP contribution >= 0.6 is 12.2 Å². The van der Waals surface area contributed by atoms with E-state index in [9.17, 15) is 0 Å². The Kier molecular flexibility index (Phi) is 4.48. The summed E-state index contributed by atoms with van der Waals surface area (Å²) in [6.45, 7) is 0. The molecule has 0 atom stereocenters. The number of methoxy groups -OCH3 is 1. The summed E-state index contributed by atoms with van der Waals surface area (Å²) in [5.41, 5.74) is 2.51. The van der Waals surface area contributed by atoms with E-state index in [2.05, 4.69) is 24.3 Å². The molecule has 0 radical (unpaired) electrons. The molecule has 2 aromatic rings. The number of thiocarbonyl (C=S) groups is 1. The zero-order chi connectivity index (χ0) is 12.8. The molecule has 0 aliphatic heterocycles. The number of hydrogen-bond donors (Lipinski definition) is 0. The molecular formula is C16H16OS. The third kappa shape index (κ3) is 3.67. The fourth-order valence-electron chi connectivity index (χ4n) is 1.86. The molecule has 2 rings (SSSR count). The third-order valence-corrected chi connectivity index (χ3v) is 3.09. The summed E-state index contributed by atoms with van der Waals surface area (Å²) in [6, 6.07) is 18.4. The first-order chi connectivity index (χ1) is 8.78. The lowest BCUT2D eigenvalue weighted by Crippen LogP contribution is -2.03. The summed E-state index contributed by atoms with van der Waals surface area (Å²) in [6.07, 6.45) is 1.70. The van der Waals surface area contributed by atoms with E-state index in [4.69, 9.17) is 17.0 Å². The van der Waals surface area contributed by atoms with E-state index in [-0.39, 0.29) is 0 Å². The van der Waals surface area contributed by atoms with E-state index in [0.29, 0.717) is 0 Å². The van der Waals surface area contributed by atoms with Gasteiger partial charge in [-0.15, -0.1) is 0 Å². The van der Waals surface area contributed by atoms with Crippen LogP contribution in [0.4, 0.5) is 0 Å². The highest BCUT2D eigenvalue weighted by Gasteiger charge is 2.01. The molecule has 0 heterocycles. The summed E-state index contributed by atoms with van der Waals surface area (Å²) >= 11 is 5.45. The normalized spacial score (nSPS) is 10.1. The average Bonchev–Trinajstić information content (AvgIpc) is 2.40. The number of ether oxygens (including phenoxy) is 1. The third-order valence-electron chi connectivity index (χ3n) is 2.80. The highest BCUT2D eigenvalue weighted by molar-refractivity contribution is 7.80. The van der Waals surface area contributed by atoms with Gasteiger partial charge < -0.3 is 4.74 Å². The molecule has 0 aliphatic rings. The Morgan fingerprint density at radius 2 is 1.44 bits per heavy atom. The second kappa shape index (κ2) is 6.31. The van der Waals surface area contributed by atoms with E-state index in [1.807, 2.05) is 30.3 Å². The van der Waals surface area contributed by atoms with Crippen LogP contribution in [0.3, 0.4) is 0 Å².